The third-order valence-corrected chi connectivity index (χ3v) is 7.40. The van der Waals surface area contributed by atoms with Crippen LogP contribution in [0.25, 0.3) is 0 Å². The van der Waals surface area contributed by atoms with Crippen molar-refractivity contribution in [1.82, 2.24) is 10.2 Å². The number of amides is 1. The molecule has 11 heteroatoms. The van der Waals surface area contributed by atoms with Crippen LogP contribution in [0.5, 0.6) is 5.75 Å². The first kappa shape index (κ1) is 25.6. The predicted octanol–water partition coefficient (Wildman–Crippen LogP) is 2.95. The number of halogens is 2. The van der Waals surface area contributed by atoms with Crippen molar-refractivity contribution in [3.63, 3.8) is 0 Å². The van der Waals surface area contributed by atoms with E-state index in [1.54, 1.807) is 19.1 Å². The quantitative estimate of drug-likeness (QED) is 0.552. The second-order valence-corrected chi connectivity index (χ2v) is 10.3. The van der Waals surface area contributed by atoms with Crippen LogP contribution in [0, 0.1) is 6.92 Å². The Morgan fingerprint density at radius 2 is 1.82 bits per heavy atom. The lowest BCUT2D eigenvalue weighted by Crippen LogP contribution is -2.45. The Balaban J connectivity index is 1.86. The van der Waals surface area contributed by atoms with Gasteiger partial charge in [-0.25, -0.2) is 8.42 Å². The number of rotatable bonds is 9. The molecular weight excluding hydrogens is 489 g/mol. The van der Waals surface area contributed by atoms with Crippen LogP contribution in [0.4, 0.5) is 5.69 Å². The zero-order valence-corrected chi connectivity index (χ0v) is 20.8. The minimum Gasteiger partial charge on any atom is -0.495 e. The van der Waals surface area contributed by atoms with Crippen molar-refractivity contribution in [2.75, 3.05) is 57.4 Å². The highest BCUT2D eigenvalue weighted by Gasteiger charge is 2.30. The molecule has 8 nitrogen and oxygen atoms in total. The van der Waals surface area contributed by atoms with Crippen molar-refractivity contribution in [3.05, 3.63) is 52.0 Å². The van der Waals surface area contributed by atoms with Crippen molar-refractivity contribution in [3.8, 4) is 5.75 Å². The van der Waals surface area contributed by atoms with Gasteiger partial charge in [-0.15, -0.1) is 0 Å². The van der Waals surface area contributed by atoms with Crippen molar-refractivity contribution >= 4 is 44.8 Å². The average molecular weight is 516 g/mol. The van der Waals surface area contributed by atoms with Crippen molar-refractivity contribution in [2.45, 2.75) is 11.8 Å². The van der Waals surface area contributed by atoms with E-state index in [2.05, 4.69) is 10.2 Å². The molecule has 1 saturated heterocycles. The highest BCUT2D eigenvalue weighted by atomic mass is 35.5. The summed E-state index contributed by atoms with van der Waals surface area (Å²) in [5.41, 5.74) is 0.910. The van der Waals surface area contributed by atoms with Crippen LogP contribution in [0.15, 0.2) is 41.3 Å². The number of ether oxygens (including phenoxy) is 2. The van der Waals surface area contributed by atoms with E-state index in [-0.39, 0.29) is 26.4 Å². The molecule has 0 aromatic heterocycles. The highest BCUT2D eigenvalue weighted by Crippen LogP contribution is 2.33. The maximum Gasteiger partial charge on any atom is 0.268 e. The third-order valence-electron chi connectivity index (χ3n) is 5.16. The molecule has 0 unspecified atom stereocenters. The van der Waals surface area contributed by atoms with Crippen molar-refractivity contribution < 1.29 is 22.7 Å². The van der Waals surface area contributed by atoms with Gasteiger partial charge in [0, 0.05) is 36.2 Å². The van der Waals surface area contributed by atoms with Crippen LogP contribution in [-0.2, 0) is 19.6 Å². The van der Waals surface area contributed by atoms with E-state index >= 15 is 0 Å². The lowest BCUT2D eigenvalue weighted by Gasteiger charge is -2.27. The first-order valence-corrected chi connectivity index (χ1v) is 12.6. The summed E-state index contributed by atoms with van der Waals surface area (Å²) in [4.78, 5) is 14.9. The first-order chi connectivity index (χ1) is 15.7. The number of carbonyl (C=O) groups is 1. The number of nitrogens with zero attached hydrogens (tertiary/aromatic N) is 2. The number of benzene rings is 2. The summed E-state index contributed by atoms with van der Waals surface area (Å²) in [5, 5.41) is 3.30. The fourth-order valence-corrected chi connectivity index (χ4v) is 5.63. The predicted molar refractivity (Wildman–Crippen MR) is 129 cm³/mol. The number of carbonyl (C=O) groups excluding carboxylic acids is 1. The van der Waals surface area contributed by atoms with E-state index < -0.39 is 22.5 Å². The molecule has 2 aromatic carbocycles. The van der Waals surface area contributed by atoms with Crippen LogP contribution in [0.1, 0.15) is 5.56 Å². The number of nitrogens with one attached hydrogen (secondary N) is 1. The standard InChI is InChI=1S/C22H27Cl2N3O5S/c1-16-3-4-20(31-2)21(11-16)33(29,30)27(19-13-17(23)12-18(24)14-19)15-22(28)25-5-6-26-7-9-32-10-8-26/h3-4,11-14H,5-10,15H2,1-2H3,(H,25,28). The molecule has 1 fully saturated rings. The number of morpholine rings is 1. The summed E-state index contributed by atoms with van der Waals surface area (Å²) in [6.07, 6.45) is 0. The molecule has 3 rings (SSSR count). The first-order valence-electron chi connectivity index (χ1n) is 10.4. The number of anilines is 1. The van der Waals surface area contributed by atoms with E-state index in [0.29, 0.717) is 26.3 Å². The maximum absolute atomic E-state index is 13.7. The minimum atomic E-state index is -4.19. The zero-order valence-electron chi connectivity index (χ0n) is 18.5. The van der Waals surface area contributed by atoms with Gasteiger partial charge in [-0.2, -0.15) is 0 Å². The molecule has 2 aromatic rings. The Labute approximate surface area is 204 Å². The second kappa shape index (κ2) is 11.4. The summed E-state index contributed by atoms with van der Waals surface area (Å²) in [6.45, 7) is 5.28. The lowest BCUT2D eigenvalue weighted by molar-refractivity contribution is -0.119. The molecule has 1 heterocycles. The zero-order chi connectivity index (χ0) is 24.0. The summed E-state index contributed by atoms with van der Waals surface area (Å²) in [7, 11) is -2.80. The van der Waals surface area contributed by atoms with Crippen LogP contribution in [-0.4, -0.2) is 72.3 Å². The Kier molecular flexibility index (Phi) is 8.83. The van der Waals surface area contributed by atoms with E-state index in [4.69, 9.17) is 32.7 Å². The molecule has 1 N–H and O–H groups in total. The molecule has 0 spiro atoms. The molecule has 180 valence electrons. The number of aryl methyl sites for hydroxylation is 1. The van der Waals surface area contributed by atoms with Gasteiger partial charge in [-0.05, 0) is 42.8 Å². The van der Waals surface area contributed by atoms with E-state index in [0.717, 1.165) is 23.0 Å². The summed E-state index contributed by atoms with van der Waals surface area (Å²) >= 11 is 12.3. The Hall–Kier alpha value is -2.04. The van der Waals surface area contributed by atoms with Crippen LogP contribution in [0.2, 0.25) is 10.0 Å². The molecule has 1 aliphatic heterocycles. The molecule has 1 aliphatic rings. The van der Waals surface area contributed by atoms with Crippen LogP contribution >= 0.6 is 23.2 Å². The van der Waals surface area contributed by atoms with Gasteiger partial charge in [0.05, 0.1) is 26.0 Å². The largest absolute Gasteiger partial charge is 0.495 e. The normalized spacial score (nSPS) is 14.7. The van der Waals surface area contributed by atoms with Gasteiger partial charge in [0.2, 0.25) is 5.91 Å². The van der Waals surface area contributed by atoms with Gasteiger partial charge in [-0.3, -0.25) is 14.0 Å². The molecule has 33 heavy (non-hydrogen) atoms. The fourth-order valence-electron chi connectivity index (χ4n) is 3.47. The number of hydrogen-bond acceptors (Lipinski definition) is 6. The Morgan fingerprint density at radius 3 is 2.45 bits per heavy atom. The Bertz CT molecular complexity index is 1070. The van der Waals surface area contributed by atoms with E-state index in [1.807, 2.05) is 0 Å². The molecule has 0 atom stereocenters. The van der Waals surface area contributed by atoms with Crippen LogP contribution < -0.4 is 14.4 Å². The third kappa shape index (κ3) is 6.74. The van der Waals surface area contributed by atoms with Gasteiger partial charge in [0.25, 0.3) is 10.0 Å². The summed E-state index contributed by atoms with van der Waals surface area (Å²) < 4.78 is 39.0. The van der Waals surface area contributed by atoms with Crippen LogP contribution in [0.3, 0.4) is 0 Å². The molecule has 1 amide bonds. The van der Waals surface area contributed by atoms with E-state index in [9.17, 15) is 13.2 Å². The lowest BCUT2D eigenvalue weighted by atomic mass is 10.2. The van der Waals surface area contributed by atoms with Gasteiger partial charge in [-0.1, -0.05) is 29.3 Å². The topological polar surface area (TPSA) is 88.2 Å². The van der Waals surface area contributed by atoms with E-state index in [1.165, 1.54) is 31.4 Å². The van der Waals surface area contributed by atoms with Crippen molar-refractivity contribution in [1.29, 1.82) is 0 Å². The fraction of sp³-hybridized carbons (Fsp3) is 0.409. The number of sulfonamides is 1. The molecule has 0 radical (unpaired) electrons. The van der Waals surface area contributed by atoms with Gasteiger partial charge in [0.1, 0.15) is 17.2 Å². The number of hydrogen-bond donors (Lipinski definition) is 1. The maximum atomic E-state index is 13.7. The monoisotopic (exact) mass is 515 g/mol. The second-order valence-electron chi connectivity index (χ2n) is 7.60. The smallest absolute Gasteiger partial charge is 0.268 e. The SMILES string of the molecule is COc1ccc(C)cc1S(=O)(=O)N(CC(=O)NCCN1CCOCC1)c1cc(Cl)cc(Cl)c1. The minimum absolute atomic E-state index is 0.0535. The Morgan fingerprint density at radius 1 is 1.15 bits per heavy atom. The molecular formula is C22H27Cl2N3O5S. The summed E-state index contributed by atoms with van der Waals surface area (Å²) in [5.74, 6) is -0.277. The number of methoxy groups -OCH3 is 1. The van der Waals surface area contributed by atoms with Gasteiger partial charge in [0.15, 0.2) is 0 Å². The molecule has 0 saturated carbocycles. The molecule has 0 aliphatic carbocycles. The van der Waals surface area contributed by atoms with Gasteiger partial charge >= 0.3 is 0 Å². The highest BCUT2D eigenvalue weighted by molar-refractivity contribution is 7.93. The van der Waals surface area contributed by atoms with Crippen molar-refractivity contribution in [2.24, 2.45) is 0 Å². The molecule has 0 bridgehead atoms. The van der Waals surface area contributed by atoms with Gasteiger partial charge < -0.3 is 14.8 Å². The summed E-state index contributed by atoms with van der Waals surface area (Å²) in [6, 6.07) is 9.23. The average Bonchev–Trinajstić information content (AvgIpc) is 2.77.